The van der Waals surface area contributed by atoms with Crippen molar-refractivity contribution in [2.75, 3.05) is 7.11 Å². The van der Waals surface area contributed by atoms with Crippen LogP contribution in [0.2, 0.25) is 0 Å². The maximum Gasteiger partial charge on any atom is 0.339 e. The van der Waals surface area contributed by atoms with Crippen molar-refractivity contribution in [3.05, 3.63) is 41.7 Å². The van der Waals surface area contributed by atoms with Crippen molar-refractivity contribution in [2.24, 2.45) is 0 Å². The summed E-state index contributed by atoms with van der Waals surface area (Å²) in [5.74, 6) is 0.205. The molecule has 1 heterocycles. The van der Waals surface area contributed by atoms with Gasteiger partial charge < -0.3 is 9.84 Å². The van der Waals surface area contributed by atoms with E-state index in [-0.39, 0.29) is 5.56 Å². The van der Waals surface area contributed by atoms with Gasteiger partial charge in [-0.05, 0) is 18.6 Å². The molecule has 0 atom stereocenters. The number of aromatic carboxylic acids is 1. The monoisotopic (exact) mass is 258 g/mol. The molecular formula is C14H14N2O3. The lowest BCUT2D eigenvalue weighted by atomic mass is 10.1. The minimum Gasteiger partial charge on any atom is -0.497 e. The molecular weight excluding hydrogens is 244 g/mol. The van der Waals surface area contributed by atoms with Crippen molar-refractivity contribution in [3.8, 4) is 17.1 Å². The number of carboxylic acid groups (broad SMARTS) is 1. The van der Waals surface area contributed by atoms with Gasteiger partial charge in [0.05, 0.1) is 18.4 Å². The normalized spacial score (nSPS) is 10.2. The van der Waals surface area contributed by atoms with Crippen LogP contribution in [0, 0.1) is 0 Å². The summed E-state index contributed by atoms with van der Waals surface area (Å²) in [4.78, 5) is 19.4. The van der Waals surface area contributed by atoms with Gasteiger partial charge in [-0.25, -0.2) is 14.8 Å². The van der Waals surface area contributed by atoms with E-state index in [1.807, 2.05) is 31.2 Å². The number of aryl methyl sites for hydroxylation is 1. The van der Waals surface area contributed by atoms with Gasteiger partial charge in [0, 0.05) is 11.8 Å². The summed E-state index contributed by atoms with van der Waals surface area (Å²) in [7, 11) is 1.59. The SMILES string of the molecule is CCc1nc(-c2cccc(OC)c2)ncc1C(=O)O. The minimum atomic E-state index is -1.01. The molecule has 0 unspecified atom stereocenters. The van der Waals surface area contributed by atoms with Crippen LogP contribution >= 0.6 is 0 Å². The summed E-state index contributed by atoms with van der Waals surface area (Å²) >= 11 is 0. The van der Waals surface area contributed by atoms with E-state index in [1.165, 1.54) is 6.20 Å². The van der Waals surface area contributed by atoms with Crippen LogP contribution in [0.4, 0.5) is 0 Å². The second-order valence-corrected chi connectivity index (χ2v) is 3.94. The van der Waals surface area contributed by atoms with Crippen molar-refractivity contribution in [1.82, 2.24) is 9.97 Å². The molecule has 0 aliphatic carbocycles. The molecule has 0 saturated carbocycles. The molecule has 5 heteroatoms. The lowest BCUT2D eigenvalue weighted by Crippen LogP contribution is -2.06. The average Bonchev–Trinajstić information content (AvgIpc) is 2.46. The Hall–Kier alpha value is -2.43. The zero-order chi connectivity index (χ0) is 13.8. The molecule has 0 bridgehead atoms. The standard InChI is InChI=1S/C14H14N2O3/c1-3-12-11(14(17)18)8-15-13(16-12)9-5-4-6-10(7-9)19-2/h4-8H,3H2,1-2H3,(H,17,18). The van der Waals surface area contributed by atoms with Crippen molar-refractivity contribution in [3.63, 3.8) is 0 Å². The van der Waals surface area contributed by atoms with Gasteiger partial charge in [-0.15, -0.1) is 0 Å². The zero-order valence-electron chi connectivity index (χ0n) is 10.8. The zero-order valence-corrected chi connectivity index (χ0v) is 10.8. The van der Waals surface area contributed by atoms with Gasteiger partial charge in [0.2, 0.25) is 0 Å². The predicted molar refractivity (Wildman–Crippen MR) is 70.4 cm³/mol. The number of carboxylic acids is 1. The summed E-state index contributed by atoms with van der Waals surface area (Å²) < 4.78 is 5.15. The summed E-state index contributed by atoms with van der Waals surface area (Å²) in [6.45, 7) is 1.87. The van der Waals surface area contributed by atoms with Gasteiger partial charge in [-0.1, -0.05) is 19.1 Å². The van der Waals surface area contributed by atoms with E-state index in [1.54, 1.807) is 7.11 Å². The molecule has 0 fully saturated rings. The third kappa shape index (κ3) is 2.70. The first kappa shape index (κ1) is 13.0. The van der Waals surface area contributed by atoms with Gasteiger partial charge in [0.1, 0.15) is 5.75 Å². The molecule has 1 aromatic carbocycles. The van der Waals surface area contributed by atoms with Crippen molar-refractivity contribution in [1.29, 1.82) is 0 Å². The molecule has 98 valence electrons. The number of hydrogen-bond acceptors (Lipinski definition) is 4. The molecule has 0 aliphatic heterocycles. The summed E-state index contributed by atoms with van der Waals surface area (Å²) in [5, 5.41) is 9.04. The van der Waals surface area contributed by atoms with E-state index in [0.717, 1.165) is 5.56 Å². The minimum absolute atomic E-state index is 0.147. The molecule has 19 heavy (non-hydrogen) atoms. The van der Waals surface area contributed by atoms with Crippen LogP contribution < -0.4 is 4.74 Å². The number of hydrogen-bond donors (Lipinski definition) is 1. The Bertz CT molecular complexity index is 611. The molecule has 2 rings (SSSR count). The average molecular weight is 258 g/mol. The summed E-state index contributed by atoms with van der Waals surface area (Å²) in [5.41, 5.74) is 1.47. The van der Waals surface area contributed by atoms with Crippen LogP contribution in [0.25, 0.3) is 11.4 Å². The molecule has 2 aromatic rings. The van der Waals surface area contributed by atoms with E-state index in [0.29, 0.717) is 23.7 Å². The molecule has 0 radical (unpaired) electrons. The fourth-order valence-corrected chi connectivity index (χ4v) is 1.77. The van der Waals surface area contributed by atoms with Crippen LogP contribution in [0.15, 0.2) is 30.5 Å². The number of nitrogens with zero attached hydrogens (tertiary/aromatic N) is 2. The van der Waals surface area contributed by atoms with Gasteiger partial charge in [0.15, 0.2) is 5.82 Å². The number of ether oxygens (including phenoxy) is 1. The first-order chi connectivity index (χ1) is 9.15. The maximum absolute atomic E-state index is 11.0. The van der Waals surface area contributed by atoms with Crippen LogP contribution in [0.3, 0.4) is 0 Å². The smallest absolute Gasteiger partial charge is 0.339 e. The highest BCUT2D eigenvalue weighted by atomic mass is 16.5. The fraction of sp³-hybridized carbons (Fsp3) is 0.214. The molecule has 0 saturated heterocycles. The van der Waals surface area contributed by atoms with Gasteiger partial charge in [-0.3, -0.25) is 0 Å². The van der Waals surface area contributed by atoms with E-state index in [4.69, 9.17) is 9.84 Å². The molecule has 5 nitrogen and oxygen atoms in total. The highest BCUT2D eigenvalue weighted by Gasteiger charge is 2.13. The van der Waals surface area contributed by atoms with Crippen molar-refractivity contribution >= 4 is 5.97 Å². The summed E-state index contributed by atoms with van der Waals surface area (Å²) in [6.07, 6.45) is 1.89. The van der Waals surface area contributed by atoms with E-state index >= 15 is 0 Å². The Labute approximate surface area is 110 Å². The fourth-order valence-electron chi connectivity index (χ4n) is 1.77. The largest absolute Gasteiger partial charge is 0.497 e. The van der Waals surface area contributed by atoms with E-state index in [9.17, 15) is 4.79 Å². The Balaban J connectivity index is 2.48. The molecule has 1 aromatic heterocycles. The van der Waals surface area contributed by atoms with Crippen LogP contribution in [0.5, 0.6) is 5.75 Å². The lowest BCUT2D eigenvalue weighted by molar-refractivity contribution is 0.0694. The van der Waals surface area contributed by atoms with Crippen LogP contribution in [-0.4, -0.2) is 28.2 Å². The number of benzene rings is 1. The van der Waals surface area contributed by atoms with Gasteiger partial charge >= 0.3 is 5.97 Å². The Kier molecular flexibility index (Phi) is 3.75. The Morgan fingerprint density at radius 2 is 2.21 bits per heavy atom. The quantitative estimate of drug-likeness (QED) is 0.911. The second-order valence-electron chi connectivity index (χ2n) is 3.94. The molecule has 0 amide bonds. The Morgan fingerprint density at radius 3 is 2.84 bits per heavy atom. The topological polar surface area (TPSA) is 72.3 Å². The van der Waals surface area contributed by atoms with Crippen molar-refractivity contribution in [2.45, 2.75) is 13.3 Å². The van der Waals surface area contributed by atoms with Crippen LogP contribution in [0.1, 0.15) is 23.0 Å². The van der Waals surface area contributed by atoms with Gasteiger partial charge in [0.25, 0.3) is 0 Å². The first-order valence-electron chi connectivity index (χ1n) is 5.89. The maximum atomic E-state index is 11.0. The molecule has 0 spiro atoms. The number of methoxy groups -OCH3 is 1. The Morgan fingerprint density at radius 1 is 1.42 bits per heavy atom. The second kappa shape index (κ2) is 5.48. The van der Waals surface area contributed by atoms with Crippen LogP contribution in [-0.2, 0) is 6.42 Å². The van der Waals surface area contributed by atoms with E-state index < -0.39 is 5.97 Å². The number of aromatic nitrogens is 2. The number of carbonyl (C=O) groups is 1. The lowest BCUT2D eigenvalue weighted by Gasteiger charge is -2.07. The summed E-state index contributed by atoms with van der Waals surface area (Å²) in [6, 6.07) is 7.34. The van der Waals surface area contributed by atoms with Crippen molar-refractivity contribution < 1.29 is 14.6 Å². The number of rotatable bonds is 4. The predicted octanol–water partition coefficient (Wildman–Crippen LogP) is 2.41. The highest BCUT2D eigenvalue weighted by Crippen LogP contribution is 2.21. The van der Waals surface area contributed by atoms with E-state index in [2.05, 4.69) is 9.97 Å². The third-order valence-corrected chi connectivity index (χ3v) is 2.76. The molecule has 1 N–H and O–H groups in total. The van der Waals surface area contributed by atoms with Gasteiger partial charge in [-0.2, -0.15) is 0 Å². The third-order valence-electron chi connectivity index (χ3n) is 2.76. The first-order valence-corrected chi connectivity index (χ1v) is 5.89. The highest BCUT2D eigenvalue weighted by molar-refractivity contribution is 5.88. The molecule has 0 aliphatic rings.